The summed E-state index contributed by atoms with van der Waals surface area (Å²) >= 11 is 0. The van der Waals surface area contributed by atoms with Gasteiger partial charge in [-0.15, -0.1) is 0 Å². The lowest BCUT2D eigenvalue weighted by Crippen LogP contribution is -2.58. The molecule has 6 rings (SSSR count). The van der Waals surface area contributed by atoms with Crippen LogP contribution in [0.1, 0.15) is 169 Å². The molecule has 0 radical (unpaired) electrons. The van der Waals surface area contributed by atoms with Crippen molar-refractivity contribution in [3.05, 3.63) is 108 Å². The molecule has 11 amide bonds. The third-order valence-electron chi connectivity index (χ3n) is 21.4. The molecule has 3 heterocycles. The van der Waals surface area contributed by atoms with E-state index in [1.807, 2.05) is 59.7 Å². The van der Waals surface area contributed by atoms with Gasteiger partial charge in [-0.25, -0.2) is 0 Å². The predicted octanol–water partition coefficient (Wildman–Crippen LogP) is 5.77. The average molecular weight is 1530 g/mol. The number of rotatable bonds is 20. The van der Waals surface area contributed by atoms with E-state index in [0.29, 0.717) is 30.6 Å². The number of carbonyl (C=O) groups is 14. The first-order valence-corrected chi connectivity index (χ1v) is 39.4. The van der Waals surface area contributed by atoms with Crippen molar-refractivity contribution >= 4 is 82.3 Å². The summed E-state index contributed by atoms with van der Waals surface area (Å²) in [4.78, 5) is 218. The smallest absolute Gasteiger partial charge is 0.245 e. The summed E-state index contributed by atoms with van der Waals surface area (Å²) in [6.07, 6.45) is -0.473. The van der Waals surface area contributed by atoms with E-state index in [1.165, 1.54) is 61.8 Å². The van der Waals surface area contributed by atoms with E-state index in [4.69, 9.17) is 0 Å². The third kappa shape index (κ3) is 26.2. The first kappa shape index (κ1) is 89.7. The van der Waals surface area contributed by atoms with E-state index in [-0.39, 0.29) is 93.9 Å². The number of fused-ring (bicyclic) bond motifs is 1. The van der Waals surface area contributed by atoms with Gasteiger partial charge in [0.05, 0.1) is 49.2 Å². The van der Waals surface area contributed by atoms with Crippen LogP contribution < -0.4 is 21.3 Å². The maximum atomic E-state index is 15.6. The summed E-state index contributed by atoms with van der Waals surface area (Å²) in [5, 5.41) is 22.5. The predicted molar refractivity (Wildman–Crippen MR) is 417 cm³/mol. The highest BCUT2D eigenvalue weighted by molar-refractivity contribution is 6.01. The minimum atomic E-state index is -1.59. The van der Waals surface area contributed by atoms with E-state index in [1.54, 1.807) is 98.5 Å². The molecule has 0 aliphatic carbocycles. The summed E-state index contributed by atoms with van der Waals surface area (Å²) in [5.74, 6) is -14.2. The molecular weight excluding hydrogens is 1400 g/mol. The Morgan fingerprint density at radius 1 is 0.527 bits per heavy atom. The number of carbonyl (C=O) groups excluding carboxylic acids is 14. The standard InChI is InChI=1S/C84H123N11O15/c1-52(2)39-64-71(97)46-62(82(108)92(14)69(45-60-33-24-18-25-34-60)79(105)86-56(9)80(106)94-36-26-19-27-37-94)48-75(101)89(11)51-74(100)87-65(44-59-31-22-17-23-32-59)83(109)93(15)70(42-55(7)8)84(110)90(12)67(40-53(3)4)72(98)47-61(43-58-29-20-16-21-30-58)81(107)91(13)68(41-54(5)6)78(104)85-50-76(102)95-38-28-35-66(95)73(99)49-63(57(10)96)77(103)88-64/h16-18,20-25,29-34,52-57,61-70,96H,19,26-28,35-51H2,1-15H3,(H,85,104)(H,86,105)(H,87,100)(H,88,103)/t56-,57+,61+,62-,63-,64-,65-,66-,67-,68-,69?,70-/m0/s1. The molecule has 5 N–H and O–H groups in total. The Labute approximate surface area is 650 Å². The number of nitrogens with zero attached hydrogens (tertiary/aromatic N) is 7. The maximum Gasteiger partial charge on any atom is 0.245 e. The fourth-order valence-corrected chi connectivity index (χ4v) is 15.1. The molecule has 0 saturated carbocycles. The molecule has 0 aromatic heterocycles. The molecule has 604 valence electrons. The molecule has 3 fully saturated rings. The van der Waals surface area contributed by atoms with Crippen molar-refractivity contribution in [2.24, 2.45) is 41.4 Å². The number of ketones is 3. The number of hydrogen-bond donors (Lipinski definition) is 5. The topological polar surface area (TPSA) is 330 Å². The van der Waals surface area contributed by atoms with Gasteiger partial charge in [0, 0.05) is 99.3 Å². The number of likely N-dealkylation sites (N-methyl/N-ethyl adjacent to an activating group) is 5. The highest BCUT2D eigenvalue weighted by atomic mass is 16.3. The molecule has 26 nitrogen and oxygen atoms in total. The zero-order valence-corrected chi connectivity index (χ0v) is 67.5. The second-order valence-electron chi connectivity index (χ2n) is 32.4. The van der Waals surface area contributed by atoms with Gasteiger partial charge in [-0.1, -0.05) is 146 Å². The number of hydrogen-bond acceptors (Lipinski definition) is 15. The monoisotopic (exact) mass is 1530 g/mol. The Morgan fingerprint density at radius 3 is 1.62 bits per heavy atom. The highest BCUT2D eigenvalue weighted by Crippen LogP contribution is 2.29. The van der Waals surface area contributed by atoms with E-state index in [0.717, 1.165) is 34.6 Å². The lowest BCUT2D eigenvalue weighted by atomic mass is 9.87. The molecular formula is C84H123N11O15. The van der Waals surface area contributed by atoms with Crippen LogP contribution in [0.3, 0.4) is 0 Å². The van der Waals surface area contributed by atoms with Gasteiger partial charge in [0.15, 0.2) is 17.3 Å². The van der Waals surface area contributed by atoms with Crippen LogP contribution in [0, 0.1) is 41.4 Å². The van der Waals surface area contributed by atoms with Crippen LogP contribution in [0.5, 0.6) is 0 Å². The lowest BCUT2D eigenvalue weighted by Gasteiger charge is -2.37. The van der Waals surface area contributed by atoms with Gasteiger partial charge in [0.1, 0.15) is 30.2 Å². The second-order valence-corrected chi connectivity index (χ2v) is 32.4. The van der Waals surface area contributed by atoms with E-state index in [2.05, 4.69) is 21.3 Å². The molecule has 0 bridgehead atoms. The van der Waals surface area contributed by atoms with E-state index in [9.17, 15) is 43.5 Å². The third-order valence-corrected chi connectivity index (χ3v) is 21.4. The second kappa shape index (κ2) is 42.8. The molecule has 3 aliphatic heterocycles. The van der Waals surface area contributed by atoms with Crippen molar-refractivity contribution in [2.75, 3.05) is 68.0 Å². The number of amides is 11. The fourth-order valence-electron chi connectivity index (χ4n) is 15.1. The van der Waals surface area contributed by atoms with Crippen LogP contribution >= 0.6 is 0 Å². The number of piperidine rings is 1. The van der Waals surface area contributed by atoms with Crippen LogP contribution in [-0.4, -0.2) is 244 Å². The molecule has 1 unspecified atom stereocenters. The van der Waals surface area contributed by atoms with Crippen LogP contribution in [0.15, 0.2) is 91.0 Å². The zero-order chi connectivity index (χ0) is 81.4. The lowest BCUT2D eigenvalue weighted by molar-refractivity contribution is -0.150. The van der Waals surface area contributed by atoms with Gasteiger partial charge in [-0.05, 0) is 118 Å². The summed E-state index contributed by atoms with van der Waals surface area (Å²) in [6.45, 7) is 17.6. The molecule has 3 aliphatic rings. The number of benzene rings is 3. The van der Waals surface area contributed by atoms with Gasteiger partial charge >= 0.3 is 0 Å². The molecule has 3 aromatic carbocycles. The minimum absolute atomic E-state index is 0.0237. The van der Waals surface area contributed by atoms with Crippen molar-refractivity contribution < 1.29 is 72.2 Å². The Balaban J connectivity index is 1.45. The molecule has 0 spiro atoms. The van der Waals surface area contributed by atoms with E-state index < -0.39 is 181 Å². The van der Waals surface area contributed by atoms with Gasteiger partial charge in [-0.3, -0.25) is 67.1 Å². The van der Waals surface area contributed by atoms with Gasteiger partial charge in [0.25, 0.3) is 0 Å². The van der Waals surface area contributed by atoms with E-state index >= 15 is 28.8 Å². The zero-order valence-electron chi connectivity index (χ0n) is 67.5. The molecule has 3 aromatic rings. The summed E-state index contributed by atoms with van der Waals surface area (Å²) < 4.78 is 0. The van der Waals surface area contributed by atoms with Gasteiger partial charge < -0.3 is 60.7 Å². The van der Waals surface area contributed by atoms with Gasteiger partial charge in [-0.2, -0.15) is 0 Å². The number of aliphatic hydroxyl groups is 1. The van der Waals surface area contributed by atoms with Crippen molar-refractivity contribution in [2.45, 2.75) is 226 Å². The van der Waals surface area contributed by atoms with Crippen LogP contribution in [0.4, 0.5) is 0 Å². The Bertz CT molecular complexity index is 3640. The van der Waals surface area contributed by atoms with Crippen LogP contribution in [-0.2, 0) is 86.4 Å². The summed E-state index contributed by atoms with van der Waals surface area (Å²) in [6, 6.07) is 17.0. The first-order valence-electron chi connectivity index (χ1n) is 39.4. The summed E-state index contributed by atoms with van der Waals surface area (Å²) in [5.41, 5.74) is 1.98. The van der Waals surface area contributed by atoms with Crippen LogP contribution in [0.25, 0.3) is 0 Å². The molecule has 26 heteroatoms. The van der Waals surface area contributed by atoms with Crippen molar-refractivity contribution in [3.8, 4) is 0 Å². The number of aliphatic hydroxyl groups excluding tert-OH is 1. The minimum Gasteiger partial charge on any atom is -0.393 e. The largest absolute Gasteiger partial charge is 0.393 e. The number of nitrogens with one attached hydrogen (secondary N) is 4. The fraction of sp³-hybridized carbons (Fsp3) is 0.619. The molecule has 3 saturated heterocycles. The Kier molecular flexibility index (Phi) is 34.9. The first-order chi connectivity index (χ1) is 52.0. The van der Waals surface area contributed by atoms with Gasteiger partial charge in [0.2, 0.25) is 65.0 Å². The molecule has 12 atom stereocenters. The van der Waals surface area contributed by atoms with Crippen molar-refractivity contribution in [1.29, 1.82) is 0 Å². The molecule has 110 heavy (non-hydrogen) atoms. The van der Waals surface area contributed by atoms with Crippen LogP contribution in [0.2, 0.25) is 0 Å². The average Bonchev–Trinajstić information content (AvgIpc) is 1.13. The van der Waals surface area contributed by atoms with Crippen molar-refractivity contribution in [1.82, 2.24) is 55.6 Å². The Morgan fingerprint density at radius 2 is 1.05 bits per heavy atom. The SMILES string of the molecule is CC(C)C[C@@H]1NC(=O)[C@H]([C@@H](C)O)CC(=O)[C@@H]2CCCN2C(=O)CNC(=O)[C@H](CC(C)C)N(C)C(=O)[C@H](Cc2ccccc2)CC(=O)[C@H](CC(C)C)N(C)C(=O)[C@H](CC(C)C)N(C)C(=O)[C@H](Cc2ccccc2)NC(=O)CN(C)C(=O)C[C@@H](C(=O)N(C)C(Cc2ccccc2)C(=O)N[C@@H](C)C(=O)N2CCCCC2)CC1=O. The summed E-state index contributed by atoms with van der Waals surface area (Å²) in [7, 11) is 7.08. The highest BCUT2D eigenvalue weighted by Gasteiger charge is 2.44. The normalized spacial score (nSPS) is 24.1. The number of Topliss-reactive ketones (excluding diaryl/α,β-unsaturated/α-hetero) is 3. The maximum absolute atomic E-state index is 15.6. The number of likely N-dealkylation sites (tertiary alicyclic amines) is 1. The quantitative estimate of drug-likeness (QED) is 0.0897. The Hall–Kier alpha value is -9.20. The van der Waals surface area contributed by atoms with Crippen molar-refractivity contribution in [3.63, 3.8) is 0 Å².